The van der Waals surface area contributed by atoms with Gasteiger partial charge < -0.3 is 4.74 Å². The van der Waals surface area contributed by atoms with Crippen molar-refractivity contribution >= 4 is 25.7 Å². The SMILES string of the molecule is CCOC(=O)CC1CCc2ccc(S(=O)(=O)Cl)cc21. The molecule has 2 rings (SSSR count). The minimum Gasteiger partial charge on any atom is -0.466 e. The van der Waals surface area contributed by atoms with Gasteiger partial charge in [0.15, 0.2) is 0 Å². The van der Waals surface area contributed by atoms with Crippen molar-refractivity contribution in [1.29, 1.82) is 0 Å². The monoisotopic (exact) mass is 302 g/mol. The van der Waals surface area contributed by atoms with E-state index in [-0.39, 0.29) is 23.2 Å². The smallest absolute Gasteiger partial charge is 0.306 e. The average Bonchev–Trinajstić information content (AvgIpc) is 2.71. The summed E-state index contributed by atoms with van der Waals surface area (Å²) in [5.74, 6) is -0.230. The van der Waals surface area contributed by atoms with Gasteiger partial charge in [-0.25, -0.2) is 8.42 Å². The van der Waals surface area contributed by atoms with E-state index in [9.17, 15) is 13.2 Å². The van der Waals surface area contributed by atoms with Gasteiger partial charge in [-0.15, -0.1) is 0 Å². The fraction of sp³-hybridized carbons (Fsp3) is 0.462. The maximum atomic E-state index is 11.5. The molecule has 0 spiro atoms. The van der Waals surface area contributed by atoms with Crippen LogP contribution in [0.4, 0.5) is 0 Å². The molecular weight excluding hydrogens is 288 g/mol. The van der Waals surface area contributed by atoms with E-state index in [0.717, 1.165) is 24.0 Å². The molecule has 0 fully saturated rings. The molecule has 0 N–H and O–H groups in total. The Morgan fingerprint density at radius 3 is 2.84 bits per heavy atom. The van der Waals surface area contributed by atoms with E-state index in [1.165, 1.54) is 6.07 Å². The van der Waals surface area contributed by atoms with Crippen LogP contribution in [-0.4, -0.2) is 21.0 Å². The standard InChI is InChI=1S/C13H15ClO4S/c1-2-18-13(15)7-10-4-3-9-5-6-11(8-12(9)10)19(14,16)17/h5-6,8,10H,2-4,7H2,1H3. The molecule has 104 valence electrons. The normalized spacial score (nSPS) is 18.1. The summed E-state index contributed by atoms with van der Waals surface area (Å²) in [6, 6.07) is 4.86. The number of hydrogen-bond acceptors (Lipinski definition) is 4. The first-order chi connectivity index (χ1) is 8.91. The van der Waals surface area contributed by atoms with Gasteiger partial charge in [-0.3, -0.25) is 4.79 Å². The molecule has 0 amide bonds. The number of ether oxygens (including phenoxy) is 1. The van der Waals surface area contributed by atoms with Gasteiger partial charge in [-0.2, -0.15) is 0 Å². The molecular formula is C13H15ClO4S. The van der Waals surface area contributed by atoms with Gasteiger partial charge in [0.2, 0.25) is 0 Å². The van der Waals surface area contributed by atoms with Gasteiger partial charge in [-0.1, -0.05) is 6.07 Å². The molecule has 0 saturated heterocycles. The highest BCUT2D eigenvalue weighted by Crippen LogP contribution is 2.37. The topological polar surface area (TPSA) is 60.4 Å². The Labute approximate surface area is 117 Å². The quantitative estimate of drug-likeness (QED) is 0.633. The van der Waals surface area contributed by atoms with Crippen molar-refractivity contribution in [2.24, 2.45) is 0 Å². The third kappa shape index (κ3) is 3.28. The molecule has 0 bridgehead atoms. The Morgan fingerprint density at radius 2 is 2.21 bits per heavy atom. The lowest BCUT2D eigenvalue weighted by atomic mass is 9.98. The fourth-order valence-corrected chi connectivity index (χ4v) is 3.24. The molecule has 1 atom stereocenters. The predicted octanol–water partition coefficient (Wildman–Crippen LogP) is 2.60. The number of benzene rings is 1. The van der Waals surface area contributed by atoms with Crippen LogP contribution in [0.5, 0.6) is 0 Å². The van der Waals surface area contributed by atoms with Crippen LogP contribution in [0.3, 0.4) is 0 Å². The second-order valence-electron chi connectivity index (χ2n) is 4.54. The minimum absolute atomic E-state index is 0.0208. The fourth-order valence-electron chi connectivity index (χ4n) is 2.45. The Kier molecular flexibility index (Phi) is 4.16. The highest BCUT2D eigenvalue weighted by atomic mass is 35.7. The number of esters is 1. The molecule has 0 aliphatic heterocycles. The van der Waals surface area contributed by atoms with Crippen molar-refractivity contribution in [3.63, 3.8) is 0 Å². The van der Waals surface area contributed by atoms with Gasteiger partial charge in [0.25, 0.3) is 9.05 Å². The molecule has 6 heteroatoms. The Hall–Kier alpha value is -1.07. The summed E-state index contributed by atoms with van der Waals surface area (Å²) in [4.78, 5) is 11.6. The van der Waals surface area contributed by atoms with Crippen LogP contribution in [0, 0.1) is 0 Å². The van der Waals surface area contributed by atoms with Crippen LogP contribution in [0.15, 0.2) is 23.1 Å². The molecule has 0 heterocycles. The zero-order valence-electron chi connectivity index (χ0n) is 10.6. The van der Waals surface area contributed by atoms with E-state index < -0.39 is 9.05 Å². The van der Waals surface area contributed by atoms with Crippen molar-refractivity contribution < 1.29 is 17.9 Å². The van der Waals surface area contributed by atoms with Crippen molar-refractivity contribution in [3.05, 3.63) is 29.3 Å². The summed E-state index contributed by atoms with van der Waals surface area (Å²) in [6.07, 6.45) is 1.97. The Bertz CT molecular complexity index is 595. The van der Waals surface area contributed by atoms with E-state index >= 15 is 0 Å². The molecule has 1 aliphatic rings. The van der Waals surface area contributed by atoms with Crippen LogP contribution in [-0.2, 0) is 25.0 Å². The van der Waals surface area contributed by atoms with E-state index in [2.05, 4.69) is 0 Å². The number of carbonyl (C=O) groups is 1. The maximum Gasteiger partial charge on any atom is 0.306 e. The van der Waals surface area contributed by atoms with Crippen molar-refractivity contribution in [2.45, 2.75) is 37.0 Å². The van der Waals surface area contributed by atoms with Crippen LogP contribution >= 0.6 is 10.7 Å². The first-order valence-corrected chi connectivity index (χ1v) is 8.46. The van der Waals surface area contributed by atoms with Gasteiger partial charge in [0.1, 0.15) is 0 Å². The number of aryl methyl sites for hydroxylation is 1. The zero-order valence-corrected chi connectivity index (χ0v) is 12.1. The van der Waals surface area contributed by atoms with E-state index in [0.29, 0.717) is 6.61 Å². The summed E-state index contributed by atoms with van der Waals surface area (Å²) >= 11 is 0. The van der Waals surface area contributed by atoms with Gasteiger partial charge >= 0.3 is 5.97 Å². The Balaban J connectivity index is 2.25. The first kappa shape index (κ1) is 14.3. The van der Waals surface area contributed by atoms with Gasteiger partial charge in [0, 0.05) is 10.7 Å². The lowest BCUT2D eigenvalue weighted by Gasteiger charge is -2.11. The van der Waals surface area contributed by atoms with E-state index in [4.69, 9.17) is 15.4 Å². The Morgan fingerprint density at radius 1 is 1.47 bits per heavy atom. The zero-order chi connectivity index (χ0) is 14.0. The summed E-state index contributed by atoms with van der Waals surface area (Å²) < 4.78 is 27.6. The molecule has 1 aliphatic carbocycles. The van der Waals surface area contributed by atoms with Crippen LogP contribution in [0.1, 0.15) is 36.8 Å². The van der Waals surface area contributed by atoms with E-state index in [1.54, 1.807) is 19.1 Å². The number of halogens is 1. The van der Waals surface area contributed by atoms with Crippen molar-refractivity contribution in [3.8, 4) is 0 Å². The molecule has 1 unspecified atom stereocenters. The van der Waals surface area contributed by atoms with E-state index in [1.807, 2.05) is 0 Å². The molecule has 4 nitrogen and oxygen atoms in total. The molecule has 0 radical (unpaired) electrons. The third-order valence-electron chi connectivity index (χ3n) is 3.32. The molecule has 19 heavy (non-hydrogen) atoms. The van der Waals surface area contributed by atoms with Gasteiger partial charge in [0.05, 0.1) is 17.9 Å². The average molecular weight is 303 g/mol. The number of rotatable bonds is 4. The molecule has 0 aromatic heterocycles. The first-order valence-electron chi connectivity index (χ1n) is 6.15. The summed E-state index contributed by atoms with van der Waals surface area (Å²) in [6.45, 7) is 2.12. The summed E-state index contributed by atoms with van der Waals surface area (Å²) in [5.41, 5.74) is 1.98. The molecule has 1 aromatic rings. The lowest BCUT2D eigenvalue weighted by molar-refractivity contribution is -0.143. The second kappa shape index (κ2) is 5.51. The summed E-state index contributed by atoms with van der Waals surface area (Å²) in [5, 5.41) is 0. The second-order valence-corrected chi connectivity index (χ2v) is 7.11. The highest BCUT2D eigenvalue weighted by Gasteiger charge is 2.26. The lowest BCUT2D eigenvalue weighted by Crippen LogP contribution is -2.09. The van der Waals surface area contributed by atoms with Crippen LogP contribution in [0.25, 0.3) is 0 Å². The largest absolute Gasteiger partial charge is 0.466 e. The highest BCUT2D eigenvalue weighted by molar-refractivity contribution is 8.13. The van der Waals surface area contributed by atoms with Crippen LogP contribution < -0.4 is 0 Å². The molecule has 0 saturated carbocycles. The van der Waals surface area contributed by atoms with Crippen LogP contribution in [0.2, 0.25) is 0 Å². The number of fused-ring (bicyclic) bond motifs is 1. The van der Waals surface area contributed by atoms with Crippen molar-refractivity contribution in [1.82, 2.24) is 0 Å². The van der Waals surface area contributed by atoms with Crippen molar-refractivity contribution in [2.75, 3.05) is 6.61 Å². The number of carbonyl (C=O) groups excluding carboxylic acids is 1. The minimum atomic E-state index is -3.73. The maximum absolute atomic E-state index is 11.5. The predicted molar refractivity (Wildman–Crippen MR) is 71.8 cm³/mol. The number of hydrogen-bond donors (Lipinski definition) is 0. The summed E-state index contributed by atoms with van der Waals surface area (Å²) in [7, 11) is 1.61. The molecule has 1 aromatic carbocycles. The van der Waals surface area contributed by atoms with Gasteiger partial charge in [-0.05, 0) is 48.9 Å². The third-order valence-corrected chi connectivity index (χ3v) is 4.67.